The second-order valence-electron chi connectivity index (χ2n) is 31.4. The molecule has 9 aliphatic rings. The summed E-state index contributed by atoms with van der Waals surface area (Å²) in [5.74, 6) is -15.0. The van der Waals surface area contributed by atoms with E-state index in [0.29, 0.717) is 0 Å². The number of aliphatic hydroxyl groups is 8. The molecule has 40 nitrogen and oxygen atoms in total. The number of aliphatic carboxylic acids is 1. The quantitative estimate of drug-likeness (QED) is 0.0640. The predicted molar refractivity (Wildman–Crippen MR) is 433 cm³/mol. The molecule has 7 aromatic rings. The topological polar surface area (TPSA) is 620 Å². The van der Waals surface area contributed by atoms with Crippen LogP contribution in [0.5, 0.6) is 57.5 Å². The zero-order valence-corrected chi connectivity index (χ0v) is 68.9. The van der Waals surface area contributed by atoms with E-state index in [1.54, 1.807) is 0 Å². The molecule has 674 valence electrons. The van der Waals surface area contributed by atoms with Crippen LogP contribution in [0, 0.1) is 0 Å². The fourth-order valence-electron chi connectivity index (χ4n) is 16.0. The molecular formula is C84H93Cl2N9O31. The Morgan fingerprint density at radius 2 is 1.10 bits per heavy atom. The van der Waals surface area contributed by atoms with Crippen LogP contribution >= 0.6 is 23.2 Å². The van der Waals surface area contributed by atoms with Crippen LogP contribution in [0.25, 0.3) is 11.1 Å². The molecule has 16 rings (SSSR count). The number of rotatable bonds is 16. The number of ether oxygens (including phenoxy) is 11. The highest BCUT2D eigenvalue weighted by Crippen LogP contribution is 2.50. The van der Waals surface area contributed by atoms with Crippen LogP contribution in [-0.2, 0) is 66.7 Å². The van der Waals surface area contributed by atoms with Gasteiger partial charge in [-0.3, -0.25) is 28.8 Å². The monoisotopic (exact) mass is 1790 g/mol. The number of nitrogens with two attached hydrogens (primary N) is 2. The van der Waals surface area contributed by atoms with Crippen molar-refractivity contribution in [3.63, 3.8) is 0 Å². The molecule has 8 unspecified atom stereocenters. The molecule has 4 fully saturated rings. The van der Waals surface area contributed by atoms with E-state index < -0.39 is 291 Å². The number of hydrogen-bond donors (Lipinski definition) is 22. The summed E-state index contributed by atoms with van der Waals surface area (Å²) in [5.41, 5.74) is 10.0. The zero-order valence-electron chi connectivity index (χ0n) is 67.4. The number of aliphatic hydroxyl groups excluding tert-OH is 8. The van der Waals surface area contributed by atoms with E-state index in [1.807, 2.05) is 0 Å². The van der Waals surface area contributed by atoms with Gasteiger partial charge in [0.2, 0.25) is 53.8 Å². The smallest absolute Gasteiger partial charge is 0.330 e. The summed E-state index contributed by atoms with van der Waals surface area (Å²) in [6, 6.07) is 7.58. The van der Waals surface area contributed by atoms with Gasteiger partial charge in [0.05, 0.1) is 47.2 Å². The fourth-order valence-corrected chi connectivity index (χ4v) is 16.4. The normalized spacial score (nSPS) is 32.1. The van der Waals surface area contributed by atoms with Crippen molar-refractivity contribution >= 4 is 64.6 Å². The zero-order chi connectivity index (χ0) is 90.5. The lowest BCUT2D eigenvalue weighted by Gasteiger charge is -2.44. The Kier molecular flexibility index (Phi) is 27.5. The maximum Gasteiger partial charge on any atom is 0.330 e. The van der Waals surface area contributed by atoms with Crippen molar-refractivity contribution < 1.29 is 152 Å². The first-order valence-corrected chi connectivity index (χ1v) is 40.6. The summed E-state index contributed by atoms with van der Waals surface area (Å²) in [6.07, 6.45) is -27.7. The van der Waals surface area contributed by atoms with Gasteiger partial charge in [0.15, 0.2) is 36.2 Å². The fraction of sp³-hybridized carbons (Fsp3) is 0.417. The number of benzene rings is 7. The Labute approximate surface area is 726 Å². The van der Waals surface area contributed by atoms with E-state index in [9.17, 15) is 71.2 Å². The van der Waals surface area contributed by atoms with Crippen molar-refractivity contribution in [2.45, 2.75) is 199 Å². The minimum Gasteiger partial charge on any atom is -0.508 e. The van der Waals surface area contributed by atoms with E-state index in [4.69, 9.17) is 86.8 Å². The van der Waals surface area contributed by atoms with Crippen molar-refractivity contribution in [2.24, 2.45) is 11.5 Å². The third-order valence-electron chi connectivity index (χ3n) is 22.9. The number of phenolic OH excluding ortho intramolecular Hbond substituents is 4. The number of carboxylic acid groups (broad SMARTS) is 1. The second-order valence-corrected chi connectivity index (χ2v) is 32.2. The third-order valence-corrected chi connectivity index (χ3v) is 23.5. The number of carbonyl (C=O) groups is 7. The van der Waals surface area contributed by atoms with Gasteiger partial charge in [-0.1, -0.05) is 65.7 Å². The SMILES string of the molecule is CNC(C(=O)N[C@H]1C(=O)NC(c2ccc(O)c(Cl)c2)C(=O)N[C@H]2C(=O)N[C@H]3C(=O)N[C@H](C(=O)N[C@H](C(=O)O)c4cc(O)cc(O)c4-c4cc3ccc4O)[C@H](O[C@H]3C[C@H](N)[C@@H](O)[C@H](C)O3)c3ccc(c(Cl)c3)Oc3cc2cc(c3O[C@@H]2O[C@H](CO)[C@@H](O)C(O)[C@H]2O[C@H]2C[C@H](N)[C@@H](O)[C@H](C)O2)Oc2ccc(cc2)[C@H]1O)c1ccc(OC2OC(C)C(O)C(O)C2OC)cc1. The Hall–Kier alpha value is -10.9. The number of halogens is 2. The van der Waals surface area contributed by atoms with Gasteiger partial charge in [-0.2, -0.15) is 0 Å². The highest BCUT2D eigenvalue weighted by molar-refractivity contribution is 6.32. The number of likely N-dealkylation sites (N-methyl/N-ethyl adjacent to an activating group) is 1. The molecule has 9 heterocycles. The van der Waals surface area contributed by atoms with Gasteiger partial charge in [0.25, 0.3) is 0 Å². The summed E-state index contributed by atoms with van der Waals surface area (Å²) >= 11 is 14.0. The van der Waals surface area contributed by atoms with Crippen LogP contribution in [0.3, 0.4) is 0 Å². The molecule has 27 atom stereocenters. The number of amides is 6. The number of hydrogen-bond acceptors (Lipinski definition) is 33. The molecule has 11 bridgehead atoms. The number of carbonyl (C=O) groups excluding carboxylic acids is 6. The van der Waals surface area contributed by atoms with Gasteiger partial charge in [-0.25, -0.2) is 4.79 Å². The van der Waals surface area contributed by atoms with E-state index in [2.05, 4.69) is 37.2 Å². The van der Waals surface area contributed by atoms with Crippen molar-refractivity contribution in [1.82, 2.24) is 37.2 Å². The molecule has 42 heteroatoms. The average molecular weight is 1800 g/mol. The maximum atomic E-state index is 16.7. The van der Waals surface area contributed by atoms with Crippen molar-refractivity contribution in [1.29, 1.82) is 0 Å². The van der Waals surface area contributed by atoms with Gasteiger partial charge in [-0.05, 0) is 140 Å². The molecule has 0 spiro atoms. The molecular weight excluding hydrogens is 1700 g/mol. The minimum atomic E-state index is -2.39. The summed E-state index contributed by atoms with van der Waals surface area (Å²) in [5, 5.41) is 165. The molecule has 0 saturated carbocycles. The first-order valence-electron chi connectivity index (χ1n) is 39.8. The Balaban J connectivity index is 0.965. The van der Waals surface area contributed by atoms with Gasteiger partial charge < -0.3 is 167 Å². The van der Waals surface area contributed by atoms with Crippen molar-refractivity contribution in [3.05, 3.63) is 176 Å². The van der Waals surface area contributed by atoms with Crippen molar-refractivity contribution in [2.75, 3.05) is 20.8 Å². The van der Waals surface area contributed by atoms with E-state index in [1.165, 1.54) is 102 Å². The number of fused-ring (bicyclic) bond motifs is 15. The summed E-state index contributed by atoms with van der Waals surface area (Å²) < 4.78 is 69.1. The highest BCUT2D eigenvalue weighted by atomic mass is 35.5. The van der Waals surface area contributed by atoms with Gasteiger partial charge in [0.1, 0.15) is 125 Å². The first kappa shape index (κ1) is 91.3. The molecule has 9 aliphatic heterocycles. The minimum absolute atomic E-state index is 0.122. The molecule has 0 radical (unpaired) electrons. The lowest BCUT2D eigenvalue weighted by molar-refractivity contribution is -0.330. The van der Waals surface area contributed by atoms with E-state index >= 15 is 28.8 Å². The third kappa shape index (κ3) is 18.9. The average Bonchev–Trinajstić information content (AvgIpc) is 0.762. The summed E-state index contributed by atoms with van der Waals surface area (Å²) in [7, 11) is 2.68. The summed E-state index contributed by atoms with van der Waals surface area (Å²) in [4.78, 5) is 110. The highest BCUT2D eigenvalue weighted by Gasteiger charge is 2.52. The number of phenols is 4. The number of nitrogens with one attached hydrogen (secondary N) is 7. The maximum absolute atomic E-state index is 16.7. The van der Waals surface area contributed by atoms with E-state index in [0.717, 1.165) is 60.7 Å². The number of methoxy groups -OCH3 is 1. The number of carboxylic acids is 1. The van der Waals surface area contributed by atoms with Gasteiger partial charge >= 0.3 is 5.97 Å². The molecule has 0 aromatic heterocycles. The Morgan fingerprint density at radius 1 is 0.540 bits per heavy atom. The van der Waals surface area contributed by atoms with Crippen LogP contribution in [0.4, 0.5) is 0 Å². The second kappa shape index (κ2) is 37.9. The summed E-state index contributed by atoms with van der Waals surface area (Å²) in [6.45, 7) is 3.47. The molecule has 6 amide bonds. The Morgan fingerprint density at radius 3 is 1.70 bits per heavy atom. The van der Waals surface area contributed by atoms with Crippen LogP contribution in [0.15, 0.2) is 127 Å². The predicted octanol–water partition coefficient (Wildman–Crippen LogP) is 0.953. The largest absolute Gasteiger partial charge is 0.508 e. The molecule has 4 saturated heterocycles. The van der Waals surface area contributed by atoms with Crippen LogP contribution in [-0.4, -0.2) is 251 Å². The Bertz CT molecular complexity index is 5220. The molecule has 0 aliphatic carbocycles. The van der Waals surface area contributed by atoms with Crippen LogP contribution < -0.4 is 67.6 Å². The molecule has 24 N–H and O–H groups in total. The van der Waals surface area contributed by atoms with Gasteiger partial charge in [-0.15, -0.1) is 0 Å². The first-order chi connectivity index (χ1) is 60.0. The lowest BCUT2D eigenvalue weighted by atomic mass is 9.89. The molecule has 7 aromatic carbocycles. The van der Waals surface area contributed by atoms with Crippen LogP contribution in [0.1, 0.15) is 115 Å². The number of aromatic hydroxyl groups is 4. The van der Waals surface area contributed by atoms with Gasteiger partial charge in [0, 0.05) is 54.8 Å². The molecule has 126 heavy (non-hydrogen) atoms. The standard InChI is InChI=1S/C84H93Cl2N9O31/c1-30-65(101)46(87)27-55(117-30)124-72-37-12-19-51(45(86)22-37)122-53-24-38-23-52(73(53)126-84-75(71(107)69(105)54(29-96)123-84)125-56-28-47(88)66(102)31(2)118-56)120-40-15-8-34(9-16-40)68(104)63(94-76(108)58(89-4)33-6-13-41(14-7-33)121-83-74(116-5)70(106)67(103)32(3)119-83)80(112)91-60(36-11-18-49(99)44(85)21-36)77(109)92-61(38)79(111)90-59-35-10-17-48(98)42(20-35)57-43(25-39(97)26-50(57)100)62(82(114)115)93-81(113)64(72)95-78(59)110/h6-26,30-32,46-47,54-56,58-72,74-75,83-84,89,96-107H,27-29,87-88H2,1-5H3,(H,90,111)(H,91,112)(H,92,109)(H,93,113)(H,94,108)(H,95,110)(H,114,115)/t30-,31-,32?,46-,47-,54+,55-,56-,58?,59+,60?,61+,62-,63+,64-,65-,66-,67?,68+,69+,70?,71?,72+,74?,75+,83?,84-/m0/s1. The van der Waals surface area contributed by atoms with Crippen molar-refractivity contribution in [3.8, 4) is 68.6 Å². The lowest BCUT2D eigenvalue weighted by Crippen LogP contribution is -2.62. The van der Waals surface area contributed by atoms with E-state index in [-0.39, 0.29) is 52.2 Å². The van der Waals surface area contributed by atoms with Crippen LogP contribution in [0.2, 0.25) is 10.0 Å².